The van der Waals surface area contributed by atoms with E-state index in [9.17, 15) is 25.6 Å². The highest BCUT2D eigenvalue weighted by Gasteiger charge is 2.65. The van der Waals surface area contributed by atoms with E-state index in [4.69, 9.17) is 24.2 Å². The average molecular weight is 945 g/mol. The monoisotopic (exact) mass is 944 g/mol. The van der Waals surface area contributed by atoms with Crippen molar-refractivity contribution in [1.29, 1.82) is 5.26 Å². The Morgan fingerprint density at radius 1 is 0.929 bits per heavy atom. The summed E-state index contributed by atoms with van der Waals surface area (Å²) in [6, 6.07) is 38.2. The predicted octanol–water partition coefficient (Wildman–Crippen LogP) is 11.3. The number of ether oxygens (including phenoxy) is 3. The maximum absolute atomic E-state index is 15.1. The summed E-state index contributed by atoms with van der Waals surface area (Å²) in [6.45, 7) is 6.66. The lowest BCUT2D eigenvalue weighted by molar-refractivity contribution is -0.384. The van der Waals surface area contributed by atoms with Crippen LogP contribution in [0.4, 0.5) is 5.69 Å². The van der Waals surface area contributed by atoms with Crippen LogP contribution in [0.5, 0.6) is 17.2 Å². The fourth-order valence-electron chi connectivity index (χ4n) is 10.6. The largest absolute Gasteiger partial charge is 0.459 e. The number of carbonyl (C=O) groups excluding carboxylic acids is 1. The van der Waals surface area contributed by atoms with Crippen LogP contribution in [0.1, 0.15) is 91.3 Å². The molecule has 13 nitrogen and oxygen atoms in total. The molecule has 1 aliphatic heterocycles. The minimum Gasteiger partial charge on any atom is -0.459 e. The Kier molecular flexibility index (Phi) is 16.2. The second kappa shape index (κ2) is 23.0. The summed E-state index contributed by atoms with van der Waals surface area (Å²) in [5.74, 6) is -0.705. The molecule has 0 bridgehead atoms. The number of hydrogen-bond donors (Lipinski definition) is 2. The van der Waals surface area contributed by atoms with Gasteiger partial charge in [0.25, 0.3) is 11.6 Å². The van der Waals surface area contributed by atoms with E-state index < -0.39 is 22.7 Å². The maximum Gasteiger partial charge on any atom is 0.269 e. The zero-order valence-electron chi connectivity index (χ0n) is 39.5. The number of unbranched alkanes of at least 4 members (excludes halogenated alkanes) is 2. The molecule has 70 heavy (non-hydrogen) atoms. The minimum absolute atomic E-state index is 0.00287. The van der Waals surface area contributed by atoms with E-state index in [2.05, 4.69) is 36.9 Å². The number of nitrogens with zero attached hydrogens (tertiary/aromatic N) is 4. The molecular formula is C57H60N4O9. The molecule has 2 N–H and O–H groups in total. The number of carbonyl (C=O) groups is 1. The SMILES string of the molecule is C=CCOC12Oc3ccc(Oc4ccc(-c5ccccc5)cc4)cc3C3C(CCCCO)C(CCCCO)C=C(C(=NOCc4ccc([N+](=O)[O-])cc4)CC1N(CCC)C(=O)c1ccc(C#N)cc1)C32. The van der Waals surface area contributed by atoms with Crippen molar-refractivity contribution >= 4 is 17.3 Å². The van der Waals surface area contributed by atoms with Crippen molar-refractivity contribution in [3.05, 3.63) is 178 Å². The molecule has 6 unspecified atom stereocenters. The van der Waals surface area contributed by atoms with E-state index in [0.717, 1.165) is 47.9 Å². The summed E-state index contributed by atoms with van der Waals surface area (Å²) in [7, 11) is 0. The first-order chi connectivity index (χ1) is 34.2. The summed E-state index contributed by atoms with van der Waals surface area (Å²) in [6.07, 6.45) is 9.08. The molecule has 1 saturated carbocycles. The van der Waals surface area contributed by atoms with Crippen molar-refractivity contribution in [2.75, 3.05) is 26.4 Å². The van der Waals surface area contributed by atoms with Crippen LogP contribution in [0.3, 0.4) is 0 Å². The van der Waals surface area contributed by atoms with Crippen LogP contribution < -0.4 is 9.47 Å². The smallest absolute Gasteiger partial charge is 0.269 e. The number of nitriles is 1. The lowest BCUT2D eigenvalue weighted by Crippen LogP contribution is -2.70. The van der Waals surface area contributed by atoms with Crippen LogP contribution in [-0.4, -0.2) is 69.8 Å². The average Bonchev–Trinajstić information content (AvgIpc) is 3.39. The van der Waals surface area contributed by atoms with Gasteiger partial charge in [0, 0.05) is 55.4 Å². The Morgan fingerprint density at radius 2 is 1.63 bits per heavy atom. The van der Waals surface area contributed by atoms with Gasteiger partial charge in [0.2, 0.25) is 5.79 Å². The first kappa shape index (κ1) is 49.3. The normalized spacial score (nSPS) is 21.5. The van der Waals surface area contributed by atoms with Crippen LogP contribution in [0.25, 0.3) is 11.1 Å². The molecule has 0 saturated heterocycles. The second-order valence-electron chi connectivity index (χ2n) is 18.1. The van der Waals surface area contributed by atoms with Crippen molar-refractivity contribution in [3.8, 4) is 34.4 Å². The van der Waals surface area contributed by atoms with Gasteiger partial charge in [0.1, 0.15) is 29.9 Å². The Balaban J connectivity index is 1.29. The molecule has 5 aromatic carbocycles. The number of non-ortho nitro benzene ring substituents is 1. The highest BCUT2D eigenvalue weighted by molar-refractivity contribution is 6.03. The molecule has 362 valence electrons. The molecule has 8 rings (SSSR count). The fraction of sp³-hybridized carbons (Fsp3) is 0.351. The van der Waals surface area contributed by atoms with E-state index in [1.807, 2.05) is 66.4 Å². The summed E-state index contributed by atoms with van der Waals surface area (Å²) < 4.78 is 21.2. The predicted molar refractivity (Wildman–Crippen MR) is 267 cm³/mol. The number of nitro groups is 1. The number of aliphatic hydroxyl groups is 2. The van der Waals surface area contributed by atoms with Gasteiger partial charge < -0.3 is 34.2 Å². The van der Waals surface area contributed by atoms with Gasteiger partial charge in [-0.3, -0.25) is 14.9 Å². The number of amides is 1. The van der Waals surface area contributed by atoms with Gasteiger partial charge in [0.05, 0.1) is 34.8 Å². The Labute approximate surface area is 409 Å². The van der Waals surface area contributed by atoms with Crippen molar-refractivity contribution in [2.24, 2.45) is 22.9 Å². The molecule has 13 heteroatoms. The molecule has 1 amide bonds. The molecular weight excluding hydrogens is 885 g/mol. The zero-order chi connectivity index (χ0) is 49.0. The summed E-state index contributed by atoms with van der Waals surface area (Å²) in [4.78, 5) is 34.1. The molecule has 1 heterocycles. The lowest BCUT2D eigenvalue weighted by Gasteiger charge is -2.60. The zero-order valence-corrected chi connectivity index (χ0v) is 39.5. The maximum atomic E-state index is 15.1. The highest BCUT2D eigenvalue weighted by atomic mass is 16.7. The summed E-state index contributed by atoms with van der Waals surface area (Å²) in [5.41, 5.74) is 6.07. The first-order valence-corrected chi connectivity index (χ1v) is 24.3. The number of allylic oxidation sites excluding steroid dienone is 1. The molecule has 3 aliphatic rings. The van der Waals surface area contributed by atoms with E-state index in [1.165, 1.54) is 12.1 Å². The molecule has 6 atom stereocenters. The van der Waals surface area contributed by atoms with Crippen molar-refractivity contribution in [1.82, 2.24) is 4.90 Å². The van der Waals surface area contributed by atoms with E-state index in [-0.39, 0.29) is 62.2 Å². The summed E-state index contributed by atoms with van der Waals surface area (Å²) >= 11 is 0. The number of fused-ring (bicyclic) bond motifs is 2. The van der Waals surface area contributed by atoms with Gasteiger partial charge in [-0.05, 0) is 133 Å². The van der Waals surface area contributed by atoms with E-state index in [1.54, 1.807) is 42.5 Å². The molecule has 0 radical (unpaired) electrons. The molecule has 1 fully saturated rings. The molecule has 0 spiro atoms. The Hall–Kier alpha value is -7.11. The van der Waals surface area contributed by atoms with Crippen molar-refractivity contribution in [3.63, 3.8) is 0 Å². The number of hydrogen-bond acceptors (Lipinski definition) is 11. The van der Waals surface area contributed by atoms with Crippen LogP contribution in [-0.2, 0) is 16.2 Å². The fourth-order valence-corrected chi connectivity index (χ4v) is 10.6. The van der Waals surface area contributed by atoms with Crippen molar-refractivity contribution in [2.45, 2.75) is 82.6 Å². The second-order valence-corrected chi connectivity index (χ2v) is 18.1. The third-order valence-electron chi connectivity index (χ3n) is 13.8. The van der Waals surface area contributed by atoms with Gasteiger partial charge in [-0.1, -0.05) is 79.5 Å². The molecule has 5 aromatic rings. The van der Waals surface area contributed by atoms with Gasteiger partial charge in [-0.15, -0.1) is 6.58 Å². The van der Waals surface area contributed by atoms with Crippen LogP contribution in [0.15, 0.2) is 151 Å². The van der Waals surface area contributed by atoms with Gasteiger partial charge in [-0.2, -0.15) is 5.26 Å². The number of rotatable bonds is 22. The number of oxime groups is 1. The molecule has 0 aromatic heterocycles. The third kappa shape index (κ3) is 10.7. The topological polar surface area (TPSA) is 177 Å². The van der Waals surface area contributed by atoms with Crippen LogP contribution >= 0.6 is 0 Å². The third-order valence-corrected chi connectivity index (χ3v) is 13.8. The first-order valence-electron chi connectivity index (χ1n) is 24.3. The van der Waals surface area contributed by atoms with Gasteiger partial charge in [0.15, 0.2) is 0 Å². The van der Waals surface area contributed by atoms with E-state index in [0.29, 0.717) is 65.5 Å². The van der Waals surface area contributed by atoms with Crippen LogP contribution in [0.2, 0.25) is 0 Å². The number of nitro benzene ring substituents is 1. The molecule has 2 aliphatic carbocycles. The van der Waals surface area contributed by atoms with E-state index >= 15 is 4.79 Å². The Bertz CT molecular complexity index is 2700. The van der Waals surface area contributed by atoms with Gasteiger partial charge in [-0.25, -0.2) is 0 Å². The van der Waals surface area contributed by atoms with Crippen LogP contribution in [0, 0.1) is 39.2 Å². The highest BCUT2D eigenvalue weighted by Crippen LogP contribution is 2.62. The lowest BCUT2D eigenvalue weighted by atomic mass is 9.55. The van der Waals surface area contributed by atoms with Crippen molar-refractivity contribution < 1.29 is 39.0 Å². The standard InChI is InChI=1S/C57H60N4O9/c1-3-30-60(56(64)43-20-16-39(37-58)17-21-43)53-36-51(59-68-38-40-18-24-45(25-19-40)61(65)66)49-34-44(14-8-10-31-62)48(15-9-11-32-63)54-50-35-47(28-29-52(50)70-57(53,55(49)54)67-33-4-2)69-46-26-22-42(23-27-46)41-12-6-5-7-13-41/h4-7,12-13,16-29,34-35,44,48,53-55,62-63H,2-3,8-11,14-15,30-33,36,38H2,1H3. The Morgan fingerprint density at radius 3 is 2.30 bits per heavy atom. The minimum atomic E-state index is -1.48. The number of aliphatic hydroxyl groups excluding tert-OH is 2. The summed E-state index contributed by atoms with van der Waals surface area (Å²) in [5, 5.41) is 46.0. The van der Waals surface area contributed by atoms with Gasteiger partial charge >= 0.3 is 0 Å². The number of benzene rings is 5. The quantitative estimate of drug-likeness (QED) is 0.0294.